The fourth-order valence-electron chi connectivity index (χ4n) is 4.62. The first-order valence-corrected chi connectivity index (χ1v) is 9.58. The van der Waals surface area contributed by atoms with E-state index < -0.39 is 0 Å². The molecule has 0 radical (unpaired) electrons. The lowest BCUT2D eigenvalue weighted by molar-refractivity contribution is -0.135. The predicted molar refractivity (Wildman–Crippen MR) is 92.5 cm³/mol. The molecule has 1 aromatic rings. The Morgan fingerprint density at radius 2 is 2.04 bits per heavy atom. The minimum absolute atomic E-state index is 0.136. The van der Waals surface area contributed by atoms with Gasteiger partial charge in [0.25, 0.3) is 0 Å². The first-order valence-electron chi connectivity index (χ1n) is 9.58. The zero-order valence-electron chi connectivity index (χ0n) is 14.5. The fraction of sp³-hybridized carbons (Fsp3) is 0.737. The van der Waals surface area contributed by atoms with Gasteiger partial charge in [-0.2, -0.15) is 0 Å². The number of amides is 1. The van der Waals surface area contributed by atoms with Gasteiger partial charge in [0.05, 0.1) is 0 Å². The monoisotopic (exact) mass is 328 g/mol. The van der Waals surface area contributed by atoms with Gasteiger partial charge >= 0.3 is 0 Å². The molecule has 0 bridgehead atoms. The summed E-state index contributed by atoms with van der Waals surface area (Å²) < 4.78 is 0. The van der Waals surface area contributed by atoms with Crippen molar-refractivity contribution in [2.45, 2.75) is 44.9 Å². The Morgan fingerprint density at radius 1 is 1.17 bits per heavy atom. The van der Waals surface area contributed by atoms with Crippen molar-refractivity contribution in [1.82, 2.24) is 19.8 Å². The Hall–Kier alpha value is -1.49. The molecule has 4 rings (SSSR count). The summed E-state index contributed by atoms with van der Waals surface area (Å²) in [5.41, 5.74) is 2.31. The van der Waals surface area contributed by atoms with E-state index in [4.69, 9.17) is 0 Å². The second-order valence-corrected chi connectivity index (χ2v) is 7.73. The van der Waals surface area contributed by atoms with Gasteiger partial charge in [0, 0.05) is 37.4 Å². The molecule has 0 spiro atoms. The van der Waals surface area contributed by atoms with E-state index in [2.05, 4.69) is 19.8 Å². The zero-order valence-corrected chi connectivity index (χ0v) is 14.5. The second-order valence-electron chi connectivity index (χ2n) is 7.73. The van der Waals surface area contributed by atoms with Crippen molar-refractivity contribution in [3.05, 3.63) is 23.8 Å². The first kappa shape index (κ1) is 16.0. The van der Waals surface area contributed by atoms with Crippen molar-refractivity contribution in [3.8, 4) is 0 Å². The number of fused-ring (bicyclic) bond motifs is 1. The van der Waals surface area contributed by atoms with Crippen molar-refractivity contribution in [3.63, 3.8) is 0 Å². The number of aromatic nitrogens is 2. The highest BCUT2D eigenvalue weighted by Crippen LogP contribution is 2.28. The lowest BCUT2D eigenvalue weighted by Gasteiger charge is -2.30. The third-order valence-corrected chi connectivity index (χ3v) is 5.99. The van der Waals surface area contributed by atoms with Crippen LogP contribution in [0, 0.1) is 11.8 Å². The summed E-state index contributed by atoms with van der Waals surface area (Å²) in [4.78, 5) is 26.1. The van der Waals surface area contributed by atoms with Crippen LogP contribution in [0.3, 0.4) is 0 Å². The van der Waals surface area contributed by atoms with Gasteiger partial charge in [-0.15, -0.1) is 0 Å². The molecule has 0 saturated carbocycles. The van der Waals surface area contributed by atoms with Crippen LogP contribution in [0.4, 0.5) is 0 Å². The molecule has 3 aliphatic rings. The first-order chi connectivity index (χ1) is 11.8. The van der Waals surface area contributed by atoms with E-state index >= 15 is 0 Å². The van der Waals surface area contributed by atoms with Gasteiger partial charge in [0.2, 0.25) is 5.91 Å². The highest BCUT2D eigenvalue weighted by Gasteiger charge is 2.33. The molecule has 1 aliphatic carbocycles. The van der Waals surface area contributed by atoms with Crippen molar-refractivity contribution in [2.24, 2.45) is 11.8 Å². The molecule has 24 heavy (non-hydrogen) atoms. The second kappa shape index (κ2) is 7.18. The van der Waals surface area contributed by atoms with Crippen molar-refractivity contribution < 1.29 is 4.79 Å². The molecule has 3 heterocycles. The molecule has 1 amide bonds. The smallest absolute Gasteiger partial charge is 0.226 e. The van der Waals surface area contributed by atoms with E-state index in [1.165, 1.54) is 50.9 Å². The Labute approximate surface area is 144 Å². The lowest BCUT2D eigenvalue weighted by Crippen LogP contribution is -2.39. The number of hydrogen-bond acceptors (Lipinski definition) is 4. The maximum Gasteiger partial charge on any atom is 0.226 e. The van der Waals surface area contributed by atoms with Gasteiger partial charge in [0.1, 0.15) is 6.33 Å². The van der Waals surface area contributed by atoms with Gasteiger partial charge < -0.3 is 9.80 Å². The van der Waals surface area contributed by atoms with Crippen molar-refractivity contribution in [1.29, 1.82) is 0 Å². The van der Waals surface area contributed by atoms with E-state index in [9.17, 15) is 4.79 Å². The molecule has 1 aromatic heterocycles. The van der Waals surface area contributed by atoms with Crippen LogP contribution in [0.2, 0.25) is 0 Å². The molecule has 5 nitrogen and oxygen atoms in total. The molecule has 2 fully saturated rings. The van der Waals surface area contributed by atoms with E-state index in [0.717, 1.165) is 38.0 Å². The molecular weight excluding hydrogens is 300 g/mol. The predicted octanol–water partition coefficient (Wildman–Crippen LogP) is 1.92. The molecule has 5 heteroatoms. The van der Waals surface area contributed by atoms with Gasteiger partial charge in [-0.3, -0.25) is 4.79 Å². The average molecular weight is 328 g/mol. The Balaban J connectivity index is 1.31. The quantitative estimate of drug-likeness (QED) is 0.850. The largest absolute Gasteiger partial charge is 0.342 e. The summed E-state index contributed by atoms with van der Waals surface area (Å²) >= 11 is 0. The maximum atomic E-state index is 12.9. The van der Waals surface area contributed by atoms with Crippen LogP contribution < -0.4 is 0 Å². The van der Waals surface area contributed by atoms with Crippen molar-refractivity contribution >= 4 is 5.91 Å². The summed E-state index contributed by atoms with van der Waals surface area (Å²) in [5.74, 6) is 1.18. The van der Waals surface area contributed by atoms with E-state index in [-0.39, 0.29) is 5.92 Å². The standard InChI is InChI=1S/C19H28N4O/c24-19(16-4-5-18-17(10-16)11-20-14-21-18)23-9-6-15(13-23)12-22-7-2-1-3-8-22/h11,14-16H,1-10,12-13H2. The fourth-order valence-corrected chi connectivity index (χ4v) is 4.62. The van der Waals surface area contributed by atoms with Gasteiger partial charge in [-0.25, -0.2) is 9.97 Å². The summed E-state index contributed by atoms with van der Waals surface area (Å²) in [6.45, 7) is 5.61. The van der Waals surface area contributed by atoms with Crippen LogP contribution >= 0.6 is 0 Å². The van der Waals surface area contributed by atoms with Crippen LogP contribution in [0.5, 0.6) is 0 Å². The molecular formula is C19H28N4O. The number of likely N-dealkylation sites (tertiary alicyclic amines) is 2. The number of nitrogens with zero attached hydrogens (tertiary/aromatic N) is 4. The minimum Gasteiger partial charge on any atom is -0.342 e. The average Bonchev–Trinajstić information content (AvgIpc) is 3.10. The van der Waals surface area contributed by atoms with Gasteiger partial charge in [-0.1, -0.05) is 6.42 Å². The van der Waals surface area contributed by atoms with Gasteiger partial charge in [-0.05, 0) is 63.1 Å². The zero-order chi connectivity index (χ0) is 16.4. The summed E-state index contributed by atoms with van der Waals surface area (Å²) in [6, 6.07) is 0. The topological polar surface area (TPSA) is 49.3 Å². The molecule has 2 atom stereocenters. The summed E-state index contributed by atoms with van der Waals surface area (Å²) in [7, 11) is 0. The van der Waals surface area contributed by atoms with Crippen LogP contribution in [0.1, 0.15) is 43.4 Å². The molecule has 2 saturated heterocycles. The molecule has 0 aromatic carbocycles. The Kier molecular flexibility index (Phi) is 4.79. The van der Waals surface area contributed by atoms with Crippen molar-refractivity contribution in [2.75, 3.05) is 32.7 Å². The third-order valence-electron chi connectivity index (χ3n) is 5.99. The van der Waals surface area contributed by atoms with Crippen LogP contribution in [-0.2, 0) is 17.6 Å². The number of rotatable bonds is 3. The normalized spacial score (nSPS) is 27.9. The highest BCUT2D eigenvalue weighted by molar-refractivity contribution is 5.79. The van der Waals surface area contributed by atoms with Gasteiger partial charge in [0.15, 0.2) is 0 Å². The molecule has 130 valence electrons. The van der Waals surface area contributed by atoms with Crippen LogP contribution in [-0.4, -0.2) is 58.4 Å². The SMILES string of the molecule is O=C(C1CCc2ncncc2C1)N1CCC(CN2CCCCC2)C1. The Morgan fingerprint density at radius 3 is 2.92 bits per heavy atom. The number of hydrogen-bond donors (Lipinski definition) is 0. The maximum absolute atomic E-state index is 12.9. The molecule has 0 N–H and O–H groups in total. The summed E-state index contributed by atoms with van der Waals surface area (Å²) in [5, 5.41) is 0. The minimum atomic E-state index is 0.136. The number of carbonyl (C=O) groups is 1. The van der Waals surface area contributed by atoms with E-state index in [0.29, 0.717) is 11.8 Å². The third kappa shape index (κ3) is 3.46. The van der Waals surface area contributed by atoms with E-state index in [1.54, 1.807) is 6.33 Å². The molecule has 2 unspecified atom stereocenters. The van der Waals surface area contributed by atoms with E-state index in [1.807, 2.05) is 6.20 Å². The lowest BCUT2D eigenvalue weighted by atomic mass is 9.86. The number of carbonyl (C=O) groups excluding carboxylic acids is 1. The summed E-state index contributed by atoms with van der Waals surface area (Å²) in [6.07, 6.45) is 11.4. The van der Waals surface area contributed by atoms with Crippen LogP contribution in [0.25, 0.3) is 0 Å². The van der Waals surface area contributed by atoms with Crippen LogP contribution in [0.15, 0.2) is 12.5 Å². The Bertz CT molecular complexity index is 584. The number of piperidine rings is 1. The highest BCUT2D eigenvalue weighted by atomic mass is 16.2. The number of aryl methyl sites for hydroxylation is 1. The molecule has 2 aliphatic heterocycles.